The second kappa shape index (κ2) is 7.44. The smallest absolute Gasteiger partial charge is 0.243 e. The molecule has 2 aliphatic rings. The molecule has 1 saturated heterocycles. The van der Waals surface area contributed by atoms with Gasteiger partial charge in [-0.1, -0.05) is 42.5 Å². The minimum atomic E-state index is -3.47. The van der Waals surface area contributed by atoms with Gasteiger partial charge in [0.05, 0.1) is 11.5 Å². The van der Waals surface area contributed by atoms with Crippen LogP contribution < -0.4 is 4.74 Å². The van der Waals surface area contributed by atoms with E-state index in [2.05, 4.69) is 23.1 Å². The molecule has 5 nitrogen and oxygen atoms in total. The first kappa shape index (κ1) is 18.6. The fourth-order valence-electron chi connectivity index (χ4n) is 4.20. The molecule has 0 radical (unpaired) electrons. The van der Waals surface area contributed by atoms with Gasteiger partial charge in [0, 0.05) is 39.1 Å². The summed E-state index contributed by atoms with van der Waals surface area (Å²) >= 11 is 0. The lowest BCUT2D eigenvalue weighted by atomic mass is 10.1. The monoisotopic (exact) mass is 408 g/mol. The van der Waals surface area contributed by atoms with Crippen LogP contribution in [-0.4, -0.2) is 50.4 Å². The van der Waals surface area contributed by atoms with Crippen LogP contribution in [0.5, 0.6) is 5.75 Å². The Kier molecular flexibility index (Phi) is 4.78. The molecule has 150 valence electrons. The van der Waals surface area contributed by atoms with E-state index in [9.17, 15) is 8.42 Å². The van der Waals surface area contributed by atoms with Crippen molar-refractivity contribution >= 4 is 20.8 Å². The first-order valence-corrected chi connectivity index (χ1v) is 11.5. The molecule has 0 bridgehead atoms. The Morgan fingerprint density at radius 3 is 2.48 bits per heavy atom. The summed E-state index contributed by atoms with van der Waals surface area (Å²) in [6.07, 6.45) is 0.973. The first-order chi connectivity index (χ1) is 14.1. The summed E-state index contributed by atoms with van der Waals surface area (Å²) in [7, 11) is -3.47. The predicted octanol–water partition coefficient (Wildman–Crippen LogP) is 3.28. The number of fused-ring (bicyclic) bond motifs is 2. The molecule has 0 atom stereocenters. The zero-order chi connectivity index (χ0) is 19.8. The molecule has 0 amide bonds. The van der Waals surface area contributed by atoms with Crippen molar-refractivity contribution < 1.29 is 13.2 Å². The van der Waals surface area contributed by atoms with Crippen molar-refractivity contribution in [2.45, 2.75) is 17.9 Å². The largest absolute Gasteiger partial charge is 0.493 e. The van der Waals surface area contributed by atoms with E-state index in [1.807, 2.05) is 30.3 Å². The summed E-state index contributed by atoms with van der Waals surface area (Å²) in [5, 5.41) is 2.00. The van der Waals surface area contributed by atoms with Crippen molar-refractivity contribution in [1.82, 2.24) is 9.21 Å². The molecule has 0 aliphatic carbocycles. The van der Waals surface area contributed by atoms with Gasteiger partial charge in [0.25, 0.3) is 0 Å². The van der Waals surface area contributed by atoms with Gasteiger partial charge in [-0.05, 0) is 40.1 Å². The molecule has 0 saturated carbocycles. The Hall–Kier alpha value is -2.41. The van der Waals surface area contributed by atoms with E-state index in [4.69, 9.17) is 4.74 Å². The van der Waals surface area contributed by atoms with Gasteiger partial charge >= 0.3 is 0 Å². The third-order valence-electron chi connectivity index (χ3n) is 5.85. The van der Waals surface area contributed by atoms with Gasteiger partial charge < -0.3 is 4.74 Å². The molecule has 2 heterocycles. The molecule has 0 N–H and O–H groups in total. The van der Waals surface area contributed by atoms with Crippen molar-refractivity contribution in [2.75, 3.05) is 32.8 Å². The molecule has 0 aromatic heterocycles. The van der Waals surface area contributed by atoms with E-state index < -0.39 is 10.0 Å². The van der Waals surface area contributed by atoms with Crippen LogP contribution in [-0.2, 0) is 23.0 Å². The predicted molar refractivity (Wildman–Crippen MR) is 114 cm³/mol. The summed E-state index contributed by atoms with van der Waals surface area (Å²) in [4.78, 5) is 2.70. The lowest BCUT2D eigenvalue weighted by Crippen LogP contribution is -2.48. The summed E-state index contributed by atoms with van der Waals surface area (Å²) in [5.41, 5.74) is 2.54. The summed E-state index contributed by atoms with van der Waals surface area (Å²) in [6, 6.07) is 19.6. The maximum atomic E-state index is 13.1. The molecule has 5 rings (SSSR count). The first-order valence-electron chi connectivity index (χ1n) is 10.1. The molecule has 1 fully saturated rings. The van der Waals surface area contributed by atoms with Gasteiger partial charge in [-0.2, -0.15) is 4.31 Å². The molecule has 3 aromatic rings. The van der Waals surface area contributed by atoms with Crippen LogP contribution in [0.1, 0.15) is 11.1 Å². The minimum Gasteiger partial charge on any atom is -0.493 e. The van der Waals surface area contributed by atoms with Crippen LogP contribution in [0.25, 0.3) is 10.8 Å². The van der Waals surface area contributed by atoms with Crippen LogP contribution in [0, 0.1) is 0 Å². The zero-order valence-corrected chi connectivity index (χ0v) is 17.1. The quantitative estimate of drug-likeness (QED) is 0.665. The number of benzene rings is 3. The van der Waals surface area contributed by atoms with Gasteiger partial charge in [-0.3, -0.25) is 4.90 Å². The van der Waals surface area contributed by atoms with Crippen molar-refractivity contribution in [1.29, 1.82) is 0 Å². The third kappa shape index (κ3) is 3.64. The summed E-state index contributed by atoms with van der Waals surface area (Å²) < 4.78 is 33.4. The SMILES string of the molecule is O=S(=O)(c1ccc2ccccc2c1)N1CCN(Cc2ccc3c(c2)CCO3)CC1. The Balaban J connectivity index is 1.26. The van der Waals surface area contributed by atoms with E-state index >= 15 is 0 Å². The molecular formula is C23H24N2O3S. The summed E-state index contributed by atoms with van der Waals surface area (Å²) in [5.74, 6) is 1.00. The van der Waals surface area contributed by atoms with Crippen LogP contribution in [0.2, 0.25) is 0 Å². The number of ether oxygens (including phenoxy) is 1. The lowest BCUT2D eigenvalue weighted by Gasteiger charge is -2.34. The molecule has 0 spiro atoms. The molecular weight excluding hydrogens is 384 g/mol. The second-order valence-electron chi connectivity index (χ2n) is 7.73. The van der Waals surface area contributed by atoms with Crippen molar-refractivity contribution in [3.8, 4) is 5.75 Å². The van der Waals surface area contributed by atoms with E-state index in [1.54, 1.807) is 16.4 Å². The number of piperazine rings is 1. The molecule has 2 aliphatic heterocycles. The van der Waals surface area contributed by atoms with Crippen molar-refractivity contribution in [3.63, 3.8) is 0 Å². The maximum Gasteiger partial charge on any atom is 0.243 e. The maximum absolute atomic E-state index is 13.1. The standard InChI is InChI=1S/C23H24N2O3S/c26-29(27,22-7-6-19-3-1-2-4-20(19)16-22)25-12-10-24(11-13-25)17-18-5-8-23-21(15-18)9-14-28-23/h1-8,15-16H,9-14,17H2. The van der Waals surface area contributed by atoms with Crippen molar-refractivity contribution in [3.05, 3.63) is 71.8 Å². The van der Waals surface area contributed by atoms with Gasteiger partial charge in [0.15, 0.2) is 0 Å². The van der Waals surface area contributed by atoms with Crippen molar-refractivity contribution in [2.24, 2.45) is 0 Å². The number of hydrogen-bond acceptors (Lipinski definition) is 4. The third-order valence-corrected chi connectivity index (χ3v) is 7.74. The Labute approximate surface area is 171 Å². The van der Waals surface area contributed by atoms with E-state index in [-0.39, 0.29) is 0 Å². The van der Waals surface area contributed by atoms with Gasteiger partial charge in [0.2, 0.25) is 10.0 Å². The molecule has 6 heteroatoms. The molecule has 3 aromatic carbocycles. The highest BCUT2D eigenvalue weighted by Crippen LogP contribution is 2.27. The topological polar surface area (TPSA) is 49.9 Å². The second-order valence-corrected chi connectivity index (χ2v) is 9.67. The number of nitrogens with zero attached hydrogens (tertiary/aromatic N) is 2. The van der Waals surface area contributed by atoms with E-state index in [1.165, 1.54) is 11.1 Å². The average Bonchev–Trinajstić information content (AvgIpc) is 3.22. The minimum absolute atomic E-state index is 0.378. The number of rotatable bonds is 4. The van der Waals surface area contributed by atoms with Gasteiger partial charge in [0.1, 0.15) is 5.75 Å². The lowest BCUT2D eigenvalue weighted by molar-refractivity contribution is 0.181. The fourth-order valence-corrected chi connectivity index (χ4v) is 5.66. The van der Waals surface area contributed by atoms with Crippen LogP contribution >= 0.6 is 0 Å². The Morgan fingerprint density at radius 2 is 1.66 bits per heavy atom. The van der Waals surface area contributed by atoms with E-state index in [0.717, 1.165) is 49.2 Å². The Morgan fingerprint density at radius 1 is 0.862 bits per heavy atom. The highest BCUT2D eigenvalue weighted by atomic mass is 32.2. The number of hydrogen-bond donors (Lipinski definition) is 0. The van der Waals surface area contributed by atoms with Crippen LogP contribution in [0.3, 0.4) is 0 Å². The summed E-state index contributed by atoms with van der Waals surface area (Å²) in [6.45, 7) is 4.12. The molecule has 0 unspecified atom stereocenters. The van der Waals surface area contributed by atoms with Crippen LogP contribution in [0.15, 0.2) is 65.6 Å². The van der Waals surface area contributed by atoms with E-state index in [0.29, 0.717) is 18.0 Å². The number of sulfonamides is 1. The fraction of sp³-hybridized carbons (Fsp3) is 0.304. The highest BCUT2D eigenvalue weighted by molar-refractivity contribution is 7.89. The normalized spacial score (nSPS) is 17.9. The molecule has 29 heavy (non-hydrogen) atoms. The van der Waals surface area contributed by atoms with Crippen LogP contribution in [0.4, 0.5) is 0 Å². The van der Waals surface area contributed by atoms with Gasteiger partial charge in [-0.15, -0.1) is 0 Å². The average molecular weight is 409 g/mol. The zero-order valence-electron chi connectivity index (χ0n) is 16.3. The van der Waals surface area contributed by atoms with Gasteiger partial charge in [-0.25, -0.2) is 8.42 Å². The highest BCUT2D eigenvalue weighted by Gasteiger charge is 2.28. The Bertz CT molecular complexity index is 1150.